The van der Waals surface area contributed by atoms with Crippen LogP contribution in [0.25, 0.3) is 0 Å². The molecule has 1 unspecified atom stereocenters. The highest BCUT2D eigenvalue weighted by Gasteiger charge is 2.18. The highest BCUT2D eigenvalue weighted by atomic mass is 16.3. The summed E-state index contributed by atoms with van der Waals surface area (Å²) in [5.41, 5.74) is 0.736. The summed E-state index contributed by atoms with van der Waals surface area (Å²) in [4.78, 5) is 0. The van der Waals surface area contributed by atoms with Crippen LogP contribution in [0.15, 0.2) is 42.5 Å². The van der Waals surface area contributed by atoms with E-state index in [2.05, 4.69) is 0 Å². The fraction of sp³-hybridized carbons (Fsp3) is 0.0769. The monoisotopic (exact) mass is 232 g/mol. The molecule has 88 valence electrons. The van der Waals surface area contributed by atoms with Crippen LogP contribution in [-0.4, -0.2) is 20.4 Å². The topological polar surface area (TPSA) is 80.9 Å². The first-order chi connectivity index (χ1) is 8.11. The largest absolute Gasteiger partial charge is 0.504 e. The fourth-order valence-electron chi connectivity index (χ4n) is 1.62. The van der Waals surface area contributed by atoms with Crippen molar-refractivity contribution in [2.75, 3.05) is 0 Å². The number of aromatic hydroxyl groups is 3. The Kier molecular flexibility index (Phi) is 2.89. The second kappa shape index (κ2) is 4.35. The minimum atomic E-state index is -1.05. The molecule has 0 aliphatic rings. The van der Waals surface area contributed by atoms with Gasteiger partial charge in [0, 0.05) is 5.56 Å². The van der Waals surface area contributed by atoms with E-state index in [0.29, 0.717) is 5.56 Å². The van der Waals surface area contributed by atoms with E-state index in [9.17, 15) is 20.4 Å². The van der Waals surface area contributed by atoms with E-state index >= 15 is 0 Å². The molecular formula is C13H12O4. The maximum absolute atomic E-state index is 10.0. The van der Waals surface area contributed by atoms with E-state index in [1.54, 1.807) is 24.3 Å². The van der Waals surface area contributed by atoms with Gasteiger partial charge in [0.05, 0.1) is 0 Å². The maximum atomic E-state index is 10.0. The van der Waals surface area contributed by atoms with Gasteiger partial charge in [-0.05, 0) is 17.7 Å². The van der Waals surface area contributed by atoms with E-state index in [1.807, 2.05) is 6.07 Å². The molecule has 0 amide bonds. The molecule has 0 aromatic heterocycles. The van der Waals surface area contributed by atoms with Crippen LogP contribution in [0.1, 0.15) is 17.2 Å². The zero-order valence-corrected chi connectivity index (χ0v) is 8.91. The summed E-state index contributed by atoms with van der Waals surface area (Å²) in [6.07, 6.45) is -1.05. The Bertz CT molecular complexity index is 522. The van der Waals surface area contributed by atoms with E-state index < -0.39 is 23.4 Å². The number of phenols is 3. The lowest BCUT2D eigenvalue weighted by Crippen LogP contribution is -1.99. The highest BCUT2D eigenvalue weighted by Crippen LogP contribution is 2.41. The first kappa shape index (κ1) is 11.3. The number of aliphatic hydroxyl groups excluding tert-OH is 1. The van der Waals surface area contributed by atoms with Gasteiger partial charge < -0.3 is 20.4 Å². The molecule has 4 heteroatoms. The third-order valence-electron chi connectivity index (χ3n) is 2.57. The minimum Gasteiger partial charge on any atom is -0.504 e. The Balaban J connectivity index is 2.45. The van der Waals surface area contributed by atoms with Crippen LogP contribution in [0.3, 0.4) is 0 Å². The lowest BCUT2D eigenvalue weighted by molar-refractivity contribution is 0.213. The molecule has 1 atom stereocenters. The van der Waals surface area contributed by atoms with Crippen LogP contribution in [0.5, 0.6) is 17.2 Å². The van der Waals surface area contributed by atoms with Crippen molar-refractivity contribution < 1.29 is 20.4 Å². The molecule has 0 saturated carbocycles. The number of aliphatic hydroxyl groups is 1. The molecule has 17 heavy (non-hydrogen) atoms. The van der Waals surface area contributed by atoms with Gasteiger partial charge in [0.2, 0.25) is 5.75 Å². The first-order valence-corrected chi connectivity index (χ1v) is 5.08. The average molecular weight is 232 g/mol. The molecule has 4 nitrogen and oxygen atoms in total. The Morgan fingerprint density at radius 1 is 0.765 bits per heavy atom. The van der Waals surface area contributed by atoms with Crippen molar-refractivity contribution in [3.63, 3.8) is 0 Å². The number of phenolic OH excluding ortho intramolecular Hbond substituents is 3. The van der Waals surface area contributed by atoms with E-state index in [1.165, 1.54) is 12.1 Å². The van der Waals surface area contributed by atoms with Crippen LogP contribution in [0.2, 0.25) is 0 Å². The predicted molar refractivity (Wildman–Crippen MR) is 61.9 cm³/mol. The molecule has 0 heterocycles. The van der Waals surface area contributed by atoms with Gasteiger partial charge in [-0.1, -0.05) is 30.3 Å². The van der Waals surface area contributed by atoms with Gasteiger partial charge in [0.1, 0.15) is 6.10 Å². The van der Waals surface area contributed by atoms with Crippen molar-refractivity contribution in [1.82, 2.24) is 0 Å². The van der Waals surface area contributed by atoms with E-state index in [-0.39, 0.29) is 5.56 Å². The number of hydrogen-bond donors (Lipinski definition) is 4. The fourth-order valence-corrected chi connectivity index (χ4v) is 1.62. The van der Waals surface area contributed by atoms with Gasteiger partial charge in [-0.15, -0.1) is 0 Å². The molecule has 0 aliphatic carbocycles. The van der Waals surface area contributed by atoms with E-state index in [0.717, 1.165) is 0 Å². The van der Waals surface area contributed by atoms with Crippen molar-refractivity contribution in [2.24, 2.45) is 0 Å². The molecule has 2 aromatic rings. The van der Waals surface area contributed by atoms with Crippen molar-refractivity contribution in [2.45, 2.75) is 6.10 Å². The summed E-state index contributed by atoms with van der Waals surface area (Å²) < 4.78 is 0. The molecular weight excluding hydrogens is 220 g/mol. The molecule has 0 spiro atoms. The molecule has 2 rings (SSSR count). The first-order valence-electron chi connectivity index (χ1n) is 5.08. The maximum Gasteiger partial charge on any atom is 0.200 e. The number of hydrogen-bond acceptors (Lipinski definition) is 4. The molecule has 0 bridgehead atoms. The quantitative estimate of drug-likeness (QED) is 0.596. The normalized spacial score (nSPS) is 12.3. The van der Waals surface area contributed by atoms with Gasteiger partial charge in [-0.25, -0.2) is 0 Å². The Morgan fingerprint density at radius 2 is 1.41 bits per heavy atom. The summed E-state index contributed by atoms with van der Waals surface area (Å²) >= 11 is 0. The average Bonchev–Trinajstić information content (AvgIpc) is 2.36. The lowest BCUT2D eigenvalue weighted by Gasteiger charge is -2.14. The smallest absolute Gasteiger partial charge is 0.200 e. The third kappa shape index (κ3) is 2.03. The summed E-state index contributed by atoms with van der Waals surface area (Å²) in [6.45, 7) is 0. The van der Waals surface area contributed by atoms with Crippen LogP contribution < -0.4 is 0 Å². The van der Waals surface area contributed by atoms with Crippen LogP contribution in [-0.2, 0) is 0 Å². The summed E-state index contributed by atoms with van der Waals surface area (Å²) in [5, 5.41) is 38.2. The zero-order chi connectivity index (χ0) is 12.4. The molecule has 0 saturated heterocycles. The minimum absolute atomic E-state index is 0.145. The molecule has 0 radical (unpaired) electrons. The Labute approximate surface area is 98.0 Å². The summed E-state index contributed by atoms with van der Waals surface area (Å²) in [5.74, 6) is -1.56. The molecule has 4 N–H and O–H groups in total. The standard InChI is InChI=1S/C13H12O4/c14-10-7-6-9(12(16)13(10)17)11(15)8-4-2-1-3-5-8/h1-7,11,14-17H. The van der Waals surface area contributed by atoms with Gasteiger partial charge in [-0.3, -0.25) is 0 Å². The number of rotatable bonds is 2. The van der Waals surface area contributed by atoms with Crippen LogP contribution >= 0.6 is 0 Å². The third-order valence-corrected chi connectivity index (χ3v) is 2.57. The van der Waals surface area contributed by atoms with Crippen LogP contribution in [0, 0.1) is 0 Å². The highest BCUT2D eigenvalue weighted by molar-refractivity contribution is 5.55. The van der Waals surface area contributed by atoms with Crippen molar-refractivity contribution in [3.05, 3.63) is 53.6 Å². The van der Waals surface area contributed by atoms with Crippen LogP contribution in [0.4, 0.5) is 0 Å². The van der Waals surface area contributed by atoms with Crippen molar-refractivity contribution >= 4 is 0 Å². The Hall–Kier alpha value is -2.20. The van der Waals surface area contributed by atoms with E-state index in [4.69, 9.17) is 0 Å². The summed E-state index contributed by atoms with van der Waals surface area (Å²) in [6, 6.07) is 11.3. The molecule has 0 fully saturated rings. The molecule has 2 aromatic carbocycles. The van der Waals surface area contributed by atoms with Gasteiger partial charge in [0.15, 0.2) is 11.5 Å². The predicted octanol–water partition coefficient (Wildman–Crippen LogP) is 1.89. The summed E-state index contributed by atoms with van der Waals surface area (Å²) in [7, 11) is 0. The second-order valence-electron chi connectivity index (χ2n) is 3.68. The zero-order valence-electron chi connectivity index (χ0n) is 8.91. The van der Waals surface area contributed by atoms with Crippen molar-refractivity contribution in [1.29, 1.82) is 0 Å². The van der Waals surface area contributed by atoms with Gasteiger partial charge in [0.25, 0.3) is 0 Å². The molecule has 0 aliphatic heterocycles. The lowest BCUT2D eigenvalue weighted by atomic mass is 10.00. The Morgan fingerprint density at radius 3 is 2.06 bits per heavy atom. The van der Waals surface area contributed by atoms with Gasteiger partial charge >= 0.3 is 0 Å². The number of benzene rings is 2. The SMILES string of the molecule is Oc1ccc(C(O)c2ccccc2)c(O)c1O. The second-order valence-corrected chi connectivity index (χ2v) is 3.68. The van der Waals surface area contributed by atoms with Crippen molar-refractivity contribution in [3.8, 4) is 17.2 Å². The van der Waals surface area contributed by atoms with Gasteiger partial charge in [-0.2, -0.15) is 0 Å².